The largest absolute Gasteiger partial charge is 0.494 e. The smallest absolute Gasteiger partial charge is 0.165 e. The normalized spacial score (nSPS) is 30.6. The van der Waals surface area contributed by atoms with Crippen LogP contribution in [0.2, 0.25) is 0 Å². The Morgan fingerprint density at radius 3 is 2.74 bits per heavy atom. The molecule has 2 nitrogen and oxygen atoms in total. The van der Waals surface area contributed by atoms with Gasteiger partial charge in [-0.3, -0.25) is 0 Å². The second kappa shape index (κ2) is 5.12. The van der Waals surface area contributed by atoms with Crippen LogP contribution in [0.1, 0.15) is 44.2 Å². The minimum atomic E-state index is -0.276. The third-order valence-corrected chi connectivity index (χ3v) is 4.88. The summed E-state index contributed by atoms with van der Waals surface area (Å²) in [6.45, 7) is 2.12. The Labute approximate surface area is 114 Å². The molecular formula is C16H22FNO. The number of nitrogens with one attached hydrogen (secondary N) is 1. The minimum Gasteiger partial charge on any atom is -0.494 e. The Kier molecular flexibility index (Phi) is 3.48. The molecule has 2 fully saturated rings. The number of benzene rings is 1. The van der Waals surface area contributed by atoms with E-state index >= 15 is 0 Å². The molecule has 2 aliphatic carbocycles. The van der Waals surface area contributed by atoms with Crippen LogP contribution in [0.15, 0.2) is 18.2 Å². The minimum absolute atomic E-state index is 0.199. The lowest BCUT2D eigenvalue weighted by Crippen LogP contribution is -2.35. The van der Waals surface area contributed by atoms with Gasteiger partial charge in [-0.1, -0.05) is 12.5 Å². The molecule has 0 heterocycles. The van der Waals surface area contributed by atoms with Crippen molar-refractivity contribution in [2.45, 2.75) is 44.7 Å². The summed E-state index contributed by atoms with van der Waals surface area (Å²) >= 11 is 0. The van der Waals surface area contributed by atoms with Crippen LogP contribution in [0.5, 0.6) is 5.75 Å². The van der Waals surface area contributed by atoms with Crippen molar-refractivity contribution < 1.29 is 9.13 Å². The van der Waals surface area contributed by atoms with Crippen molar-refractivity contribution in [2.24, 2.45) is 11.8 Å². The first-order chi connectivity index (χ1) is 9.17. The first kappa shape index (κ1) is 12.9. The van der Waals surface area contributed by atoms with Gasteiger partial charge in [-0.15, -0.1) is 0 Å². The molecule has 1 aromatic carbocycles. The van der Waals surface area contributed by atoms with E-state index in [1.54, 1.807) is 12.1 Å². The standard InChI is InChI=1S/C16H22FNO/c1-10(12-5-6-16(19-2)14(17)9-12)18-15-8-11-3-4-13(15)7-11/h5-6,9-11,13,15,18H,3-4,7-8H2,1-2H3. The highest BCUT2D eigenvalue weighted by molar-refractivity contribution is 5.30. The lowest BCUT2D eigenvalue weighted by molar-refractivity contribution is 0.326. The molecule has 4 atom stereocenters. The van der Waals surface area contributed by atoms with E-state index in [1.807, 2.05) is 6.07 Å². The van der Waals surface area contributed by atoms with Gasteiger partial charge < -0.3 is 10.1 Å². The number of ether oxygens (including phenoxy) is 1. The quantitative estimate of drug-likeness (QED) is 0.895. The maximum absolute atomic E-state index is 13.7. The Morgan fingerprint density at radius 1 is 1.32 bits per heavy atom. The van der Waals surface area contributed by atoms with Crippen molar-refractivity contribution in [1.82, 2.24) is 5.32 Å². The third-order valence-electron chi connectivity index (χ3n) is 4.88. The summed E-state index contributed by atoms with van der Waals surface area (Å²) in [5.41, 5.74) is 1.00. The molecule has 2 saturated carbocycles. The lowest BCUT2D eigenvalue weighted by atomic mass is 9.94. The fourth-order valence-corrected chi connectivity index (χ4v) is 3.82. The van der Waals surface area contributed by atoms with Crippen molar-refractivity contribution in [2.75, 3.05) is 7.11 Å². The van der Waals surface area contributed by atoms with Gasteiger partial charge in [0.05, 0.1) is 7.11 Å². The van der Waals surface area contributed by atoms with Gasteiger partial charge in [0.2, 0.25) is 0 Å². The zero-order valence-electron chi connectivity index (χ0n) is 11.7. The van der Waals surface area contributed by atoms with Crippen molar-refractivity contribution in [1.29, 1.82) is 0 Å². The second-order valence-corrected chi connectivity index (χ2v) is 6.06. The Hall–Kier alpha value is -1.09. The molecule has 0 amide bonds. The van der Waals surface area contributed by atoms with E-state index in [-0.39, 0.29) is 11.9 Å². The van der Waals surface area contributed by atoms with Crippen LogP contribution in [0, 0.1) is 17.7 Å². The van der Waals surface area contributed by atoms with E-state index in [0.717, 1.165) is 17.4 Å². The SMILES string of the molecule is COc1ccc(C(C)NC2CC3CCC2C3)cc1F. The summed E-state index contributed by atoms with van der Waals surface area (Å²) in [6.07, 6.45) is 5.47. The van der Waals surface area contributed by atoms with Crippen molar-refractivity contribution in [3.8, 4) is 5.75 Å². The van der Waals surface area contributed by atoms with Gasteiger partial charge in [0.1, 0.15) is 0 Å². The zero-order valence-corrected chi connectivity index (χ0v) is 11.7. The van der Waals surface area contributed by atoms with Crippen LogP contribution in [0.25, 0.3) is 0 Å². The van der Waals surface area contributed by atoms with Gasteiger partial charge in [0.15, 0.2) is 11.6 Å². The molecule has 3 heteroatoms. The van der Waals surface area contributed by atoms with Gasteiger partial charge in [0, 0.05) is 12.1 Å². The van der Waals surface area contributed by atoms with Gasteiger partial charge in [-0.2, -0.15) is 0 Å². The highest BCUT2D eigenvalue weighted by Crippen LogP contribution is 2.45. The number of hydrogen-bond acceptors (Lipinski definition) is 2. The monoisotopic (exact) mass is 263 g/mol. The molecule has 19 heavy (non-hydrogen) atoms. The van der Waals surface area contributed by atoms with Crippen LogP contribution < -0.4 is 10.1 Å². The molecular weight excluding hydrogens is 241 g/mol. The van der Waals surface area contributed by atoms with Gasteiger partial charge in [0.25, 0.3) is 0 Å². The van der Waals surface area contributed by atoms with Crippen molar-refractivity contribution in [3.05, 3.63) is 29.6 Å². The summed E-state index contributed by atoms with van der Waals surface area (Å²) in [6, 6.07) is 6.07. The summed E-state index contributed by atoms with van der Waals surface area (Å²) < 4.78 is 18.7. The maximum atomic E-state index is 13.7. The first-order valence-corrected chi connectivity index (χ1v) is 7.27. The summed E-state index contributed by atoms with van der Waals surface area (Å²) in [7, 11) is 1.50. The second-order valence-electron chi connectivity index (χ2n) is 6.06. The van der Waals surface area contributed by atoms with Gasteiger partial charge >= 0.3 is 0 Å². The predicted molar refractivity (Wildman–Crippen MR) is 73.7 cm³/mol. The van der Waals surface area contributed by atoms with E-state index in [9.17, 15) is 4.39 Å². The van der Waals surface area contributed by atoms with Gasteiger partial charge in [-0.25, -0.2) is 4.39 Å². The van der Waals surface area contributed by atoms with Crippen LogP contribution >= 0.6 is 0 Å². The summed E-state index contributed by atoms with van der Waals surface area (Å²) in [4.78, 5) is 0. The molecule has 1 aromatic rings. The maximum Gasteiger partial charge on any atom is 0.165 e. The molecule has 2 bridgehead atoms. The lowest BCUT2D eigenvalue weighted by Gasteiger charge is -2.27. The van der Waals surface area contributed by atoms with E-state index < -0.39 is 0 Å². The Morgan fingerprint density at radius 2 is 2.16 bits per heavy atom. The van der Waals surface area contributed by atoms with E-state index in [4.69, 9.17) is 4.74 Å². The number of hydrogen-bond donors (Lipinski definition) is 1. The highest BCUT2D eigenvalue weighted by atomic mass is 19.1. The molecule has 2 aliphatic rings. The molecule has 4 unspecified atom stereocenters. The molecule has 0 saturated heterocycles. The van der Waals surface area contributed by atoms with Gasteiger partial charge in [-0.05, 0) is 55.7 Å². The van der Waals surface area contributed by atoms with Crippen molar-refractivity contribution >= 4 is 0 Å². The van der Waals surface area contributed by atoms with Crippen molar-refractivity contribution in [3.63, 3.8) is 0 Å². The summed E-state index contributed by atoms with van der Waals surface area (Å²) in [5, 5.41) is 3.68. The molecule has 0 aromatic heterocycles. The Balaban J connectivity index is 1.67. The number of fused-ring (bicyclic) bond motifs is 2. The van der Waals surface area contributed by atoms with E-state index in [1.165, 1.54) is 32.8 Å². The molecule has 3 rings (SSSR count). The fourth-order valence-electron chi connectivity index (χ4n) is 3.82. The van der Waals surface area contributed by atoms with E-state index in [0.29, 0.717) is 11.8 Å². The first-order valence-electron chi connectivity index (χ1n) is 7.27. The zero-order chi connectivity index (χ0) is 13.4. The highest BCUT2D eigenvalue weighted by Gasteiger charge is 2.39. The van der Waals surface area contributed by atoms with E-state index in [2.05, 4.69) is 12.2 Å². The van der Waals surface area contributed by atoms with Crippen LogP contribution in [0.3, 0.4) is 0 Å². The topological polar surface area (TPSA) is 21.3 Å². The summed E-state index contributed by atoms with van der Waals surface area (Å²) in [5.74, 6) is 1.82. The molecule has 0 spiro atoms. The van der Waals surface area contributed by atoms with Crippen LogP contribution in [0.4, 0.5) is 4.39 Å². The average Bonchev–Trinajstić information content (AvgIpc) is 3.00. The fraction of sp³-hybridized carbons (Fsp3) is 0.625. The van der Waals surface area contributed by atoms with Crippen LogP contribution in [-0.2, 0) is 0 Å². The molecule has 1 N–H and O–H groups in total. The molecule has 104 valence electrons. The third kappa shape index (κ3) is 2.48. The molecule has 0 radical (unpaired) electrons. The number of halogens is 1. The number of rotatable bonds is 4. The predicted octanol–water partition coefficient (Wildman–Crippen LogP) is 3.67. The average molecular weight is 263 g/mol. The number of methoxy groups -OCH3 is 1. The Bertz CT molecular complexity index is 462. The van der Waals surface area contributed by atoms with Crippen LogP contribution in [-0.4, -0.2) is 13.2 Å². The molecule has 0 aliphatic heterocycles.